The predicted octanol–water partition coefficient (Wildman–Crippen LogP) is 6.05. The summed E-state index contributed by atoms with van der Waals surface area (Å²) in [6.45, 7) is 12.7. The molecule has 0 saturated carbocycles. The lowest BCUT2D eigenvalue weighted by atomic mass is 10.1. The SMILES string of the molecule is COP(=O)(OC)[C@@H](N[S@@](=O)c1ccc(C)cc1)[C@H](Cc1ccccc1)O[Si](C)(C)C(C)(C)C. The van der Waals surface area contributed by atoms with Gasteiger partial charge in [-0.05, 0) is 49.2 Å². The Balaban J connectivity index is 2.51. The molecule has 0 aliphatic carbocycles. The van der Waals surface area contributed by atoms with E-state index in [1.165, 1.54) is 14.2 Å². The van der Waals surface area contributed by atoms with Gasteiger partial charge in [0.2, 0.25) is 0 Å². The van der Waals surface area contributed by atoms with Gasteiger partial charge in [-0.1, -0.05) is 68.8 Å². The number of aryl methyl sites for hydroxylation is 1. The van der Waals surface area contributed by atoms with E-state index >= 15 is 0 Å². The molecule has 0 aliphatic heterocycles. The molecule has 184 valence electrons. The topological polar surface area (TPSA) is 73.9 Å². The van der Waals surface area contributed by atoms with Crippen molar-refractivity contribution in [2.45, 2.75) is 69.0 Å². The van der Waals surface area contributed by atoms with Gasteiger partial charge in [0.15, 0.2) is 8.32 Å². The summed E-state index contributed by atoms with van der Waals surface area (Å²) in [5, 5.41) is -0.0767. The molecule has 33 heavy (non-hydrogen) atoms. The third-order valence-electron chi connectivity index (χ3n) is 6.20. The van der Waals surface area contributed by atoms with Crippen molar-refractivity contribution in [3.63, 3.8) is 0 Å². The molecule has 1 N–H and O–H groups in total. The van der Waals surface area contributed by atoms with Crippen molar-refractivity contribution < 1.29 is 22.2 Å². The van der Waals surface area contributed by atoms with Gasteiger partial charge in [0.05, 0.1) is 11.0 Å². The average Bonchev–Trinajstić information content (AvgIpc) is 2.76. The molecule has 0 heterocycles. The summed E-state index contributed by atoms with van der Waals surface area (Å²) >= 11 is 0. The Hall–Kier alpha value is -1.12. The third kappa shape index (κ3) is 7.43. The van der Waals surface area contributed by atoms with Gasteiger partial charge in [0, 0.05) is 14.2 Å². The van der Waals surface area contributed by atoms with Gasteiger partial charge < -0.3 is 13.5 Å². The molecule has 0 aliphatic rings. The second-order valence-electron chi connectivity index (χ2n) is 9.66. The minimum atomic E-state index is -3.71. The van der Waals surface area contributed by atoms with Crippen LogP contribution in [-0.4, -0.2) is 38.6 Å². The smallest absolute Gasteiger partial charge is 0.350 e. The second kappa shape index (κ2) is 11.5. The van der Waals surface area contributed by atoms with Crippen LogP contribution in [0.2, 0.25) is 18.1 Å². The van der Waals surface area contributed by atoms with E-state index in [1.807, 2.05) is 49.4 Å². The normalized spacial score (nSPS) is 15.8. The first-order chi connectivity index (χ1) is 15.3. The number of hydrogen-bond acceptors (Lipinski definition) is 5. The first-order valence-corrected chi connectivity index (χ1v) is 16.7. The van der Waals surface area contributed by atoms with Crippen LogP contribution in [0.1, 0.15) is 31.9 Å². The Bertz CT molecular complexity index is 955. The molecule has 0 aromatic heterocycles. The Morgan fingerprint density at radius 1 is 1.00 bits per heavy atom. The molecule has 2 aromatic rings. The van der Waals surface area contributed by atoms with Gasteiger partial charge >= 0.3 is 7.60 Å². The van der Waals surface area contributed by atoms with Gasteiger partial charge in [0.1, 0.15) is 16.8 Å². The predicted molar refractivity (Wildman–Crippen MR) is 138 cm³/mol. The van der Waals surface area contributed by atoms with E-state index < -0.39 is 38.8 Å². The zero-order valence-corrected chi connectivity index (χ0v) is 23.7. The first kappa shape index (κ1) is 28.1. The van der Waals surface area contributed by atoms with Crippen LogP contribution in [0.3, 0.4) is 0 Å². The maximum Gasteiger partial charge on any atom is 0.350 e. The number of hydrogen-bond donors (Lipinski definition) is 1. The van der Waals surface area contributed by atoms with E-state index in [0.717, 1.165) is 11.1 Å². The fraction of sp³-hybridized carbons (Fsp3) is 0.500. The Morgan fingerprint density at radius 2 is 1.55 bits per heavy atom. The maximum atomic E-state index is 13.7. The van der Waals surface area contributed by atoms with E-state index in [0.29, 0.717) is 11.3 Å². The van der Waals surface area contributed by atoms with Crippen LogP contribution in [0.25, 0.3) is 0 Å². The van der Waals surface area contributed by atoms with Gasteiger partial charge in [-0.3, -0.25) is 4.57 Å². The number of benzene rings is 2. The molecule has 0 bridgehead atoms. The Labute approximate surface area is 202 Å². The average molecular weight is 512 g/mol. The Kier molecular flexibility index (Phi) is 9.83. The summed E-state index contributed by atoms with van der Waals surface area (Å²) in [5.74, 6) is -0.941. The van der Waals surface area contributed by atoms with Gasteiger partial charge in [0.25, 0.3) is 0 Å². The van der Waals surface area contributed by atoms with Crippen LogP contribution in [0.4, 0.5) is 0 Å². The van der Waals surface area contributed by atoms with E-state index in [9.17, 15) is 8.77 Å². The highest BCUT2D eigenvalue weighted by molar-refractivity contribution is 7.83. The molecule has 0 radical (unpaired) electrons. The molecule has 0 saturated heterocycles. The van der Waals surface area contributed by atoms with E-state index in [1.54, 1.807) is 12.1 Å². The lowest BCUT2D eigenvalue weighted by molar-refractivity contribution is 0.150. The summed E-state index contributed by atoms with van der Waals surface area (Å²) in [6.07, 6.45) is -0.124. The molecule has 6 nitrogen and oxygen atoms in total. The van der Waals surface area contributed by atoms with E-state index in [4.69, 9.17) is 13.5 Å². The molecule has 0 unspecified atom stereocenters. The zero-order valence-electron chi connectivity index (χ0n) is 21.0. The second-order valence-corrected chi connectivity index (χ2v) is 18.0. The van der Waals surface area contributed by atoms with Crippen molar-refractivity contribution in [3.05, 3.63) is 65.7 Å². The van der Waals surface area contributed by atoms with Gasteiger partial charge in [-0.2, -0.15) is 0 Å². The largest absolute Gasteiger partial charge is 0.411 e. The van der Waals surface area contributed by atoms with Gasteiger partial charge in [-0.15, -0.1) is 0 Å². The van der Waals surface area contributed by atoms with Crippen LogP contribution in [0.5, 0.6) is 0 Å². The van der Waals surface area contributed by atoms with Crippen LogP contribution in [0.15, 0.2) is 59.5 Å². The Morgan fingerprint density at radius 3 is 2.03 bits per heavy atom. The summed E-state index contributed by atoms with van der Waals surface area (Å²) in [6, 6.07) is 17.2. The fourth-order valence-electron chi connectivity index (χ4n) is 3.10. The summed E-state index contributed by atoms with van der Waals surface area (Å²) in [7, 11) is -4.96. The van der Waals surface area contributed by atoms with Crippen LogP contribution in [-0.2, 0) is 35.4 Å². The molecule has 0 spiro atoms. The molecular weight excluding hydrogens is 473 g/mol. The molecule has 9 heteroatoms. The van der Waals surface area contributed by atoms with Crippen molar-refractivity contribution in [1.82, 2.24) is 4.72 Å². The third-order valence-corrected chi connectivity index (χ3v) is 14.2. The fourth-order valence-corrected chi connectivity index (χ4v) is 7.42. The lowest BCUT2D eigenvalue weighted by Gasteiger charge is -2.42. The van der Waals surface area contributed by atoms with E-state index in [-0.39, 0.29) is 5.04 Å². The van der Waals surface area contributed by atoms with Crippen molar-refractivity contribution in [2.24, 2.45) is 0 Å². The highest BCUT2D eigenvalue weighted by atomic mass is 32.2. The number of rotatable bonds is 11. The molecular formula is C24H38NO5PSSi. The summed E-state index contributed by atoms with van der Waals surface area (Å²) in [4.78, 5) is 0.579. The van der Waals surface area contributed by atoms with Crippen molar-refractivity contribution in [3.8, 4) is 0 Å². The minimum Gasteiger partial charge on any atom is -0.411 e. The molecule has 0 fully saturated rings. The summed E-state index contributed by atoms with van der Waals surface area (Å²) < 4.78 is 47.6. The quantitative estimate of drug-likeness (QED) is 0.294. The standard InChI is InChI=1S/C24H38NO5PSSi/c1-19-14-16-21(17-15-19)32(27)25-23(31(26,28-5)29-6)22(18-20-12-10-9-11-13-20)30-33(7,8)24(2,3)4/h9-17,22-23,25H,18H2,1-8H3/t22-,23+,32-/m0/s1. The maximum absolute atomic E-state index is 13.7. The highest BCUT2D eigenvalue weighted by Crippen LogP contribution is 2.53. The molecule has 2 aromatic carbocycles. The van der Waals surface area contributed by atoms with Crippen molar-refractivity contribution in [1.29, 1.82) is 0 Å². The van der Waals surface area contributed by atoms with E-state index in [2.05, 4.69) is 38.6 Å². The highest BCUT2D eigenvalue weighted by Gasteiger charge is 2.47. The van der Waals surface area contributed by atoms with Crippen LogP contribution >= 0.6 is 7.60 Å². The van der Waals surface area contributed by atoms with Crippen molar-refractivity contribution >= 4 is 26.9 Å². The molecule has 2 rings (SSSR count). The van der Waals surface area contributed by atoms with Gasteiger partial charge in [-0.25, -0.2) is 8.93 Å². The molecule has 0 amide bonds. The minimum absolute atomic E-state index is 0.0767. The zero-order chi connectivity index (χ0) is 24.9. The summed E-state index contributed by atoms with van der Waals surface area (Å²) in [5.41, 5.74) is 2.09. The molecule has 3 atom stereocenters. The van der Waals surface area contributed by atoms with Crippen LogP contribution < -0.4 is 4.72 Å². The number of nitrogens with one attached hydrogen (secondary N) is 1. The monoisotopic (exact) mass is 511 g/mol. The lowest BCUT2D eigenvalue weighted by Crippen LogP contribution is -2.51. The van der Waals surface area contributed by atoms with Crippen molar-refractivity contribution in [2.75, 3.05) is 14.2 Å². The first-order valence-electron chi connectivity index (χ1n) is 11.0. The van der Waals surface area contributed by atoms with Crippen LogP contribution in [0, 0.1) is 6.92 Å².